The summed E-state index contributed by atoms with van der Waals surface area (Å²) in [5.74, 6) is -1.09. The van der Waals surface area contributed by atoms with Crippen LogP contribution < -0.4 is 5.32 Å². The minimum absolute atomic E-state index is 0.0146. The van der Waals surface area contributed by atoms with Crippen molar-refractivity contribution in [3.63, 3.8) is 0 Å². The first-order chi connectivity index (χ1) is 10.2. The van der Waals surface area contributed by atoms with Gasteiger partial charge < -0.3 is 10.4 Å². The lowest BCUT2D eigenvalue weighted by Crippen LogP contribution is -2.54. The lowest BCUT2D eigenvalue weighted by molar-refractivity contribution is -0.140. The summed E-state index contributed by atoms with van der Waals surface area (Å²) in [5.41, 5.74) is 0. The quantitative estimate of drug-likeness (QED) is 0.661. The maximum Gasteiger partial charge on any atom is 0.321 e. The van der Waals surface area contributed by atoms with Crippen molar-refractivity contribution in [1.82, 2.24) is 13.9 Å². The smallest absolute Gasteiger partial charge is 0.321 e. The molecule has 1 aliphatic carbocycles. The summed E-state index contributed by atoms with van der Waals surface area (Å²) in [4.78, 5) is 22.2. The fourth-order valence-electron chi connectivity index (χ4n) is 3.27. The Morgan fingerprint density at radius 1 is 1.41 bits per heavy atom. The Morgan fingerprint density at radius 3 is 2.55 bits per heavy atom. The highest BCUT2D eigenvalue weighted by molar-refractivity contribution is 7.86. The van der Waals surface area contributed by atoms with Gasteiger partial charge in [-0.05, 0) is 32.1 Å². The number of carbonyl (C=O) groups is 2. The highest BCUT2D eigenvalue weighted by Gasteiger charge is 2.47. The second-order valence-corrected chi connectivity index (χ2v) is 7.85. The molecule has 1 heterocycles. The maximum absolute atomic E-state index is 12.8. The number of carboxylic acid groups (broad SMARTS) is 1. The third kappa shape index (κ3) is 3.41. The highest BCUT2D eigenvalue weighted by atomic mass is 32.2. The molecule has 1 amide bonds. The van der Waals surface area contributed by atoms with Crippen LogP contribution in [0.2, 0.25) is 0 Å². The Bertz CT molecular complexity index is 550. The number of carboxylic acids is 1. The number of piperidine rings is 1. The van der Waals surface area contributed by atoms with Crippen molar-refractivity contribution < 1.29 is 23.1 Å². The van der Waals surface area contributed by atoms with Crippen molar-refractivity contribution in [1.29, 1.82) is 0 Å². The van der Waals surface area contributed by atoms with E-state index < -0.39 is 22.2 Å². The number of hydrogen-bond donors (Lipinski definition) is 2. The van der Waals surface area contributed by atoms with Crippen molar-refractivity contribution in [3.8, 4) is 0 Å². The Labute approximate surface area is 130 Å². The number of carbonyl (C=O) groups excluding carboxylic acids is 1. The van der Waals surface area contributed by atoms with Gasteiger partial charge in [0.1, 0.15) is 6.04 Å². The Balaban J connectivity index is 2.15. The summed E-state index contributed by atoms with van der Waals surface area (Å²) < 4.78 is 28.1. The van der Waals surface area contributed by atoms with Gasteiger partial charge in [-0.25, -0.2) is 0 Å². The molecule has 2 rings (SSSR count). The zero-order valence-electron chi connectivity index (χ0n) is 12.9. The number of fused-ring (bicyclic) bond motifs is 2. The zero-order chi connectivity index (χ0) is 16.5. The van der Waals surface area contributed by atoms with Gasteiger partial charge >= 0.3 is 5.97 Å². The molecular formula is C13H23N3O5S. The van der Waals surface area contributed by atoms with Crippen LogP contribution >= 0.6 is 0 Å². The first-order valence-electron chi connectivity index (χ1n) is 7.49. The second-order valence-electron chi connectivity index (χ2n) is 6.02. The summed E-state index contributed by atoms with van der Waals surface area (Å²) in [6.07, 6.45) is 2.74. The first-order valence-corrected chi connectivity index (χ1v) is 8.89. The molecule has 3 unspecified atom stereocenters. The Kier molecular flexibility index (Phi) is 5.08. The molecule has 3 atom stereocenters. The monoisotopic (exact) mass is 333 g/mol. The van der Waals surface area contributed by atoms with Crippen molar-refractivity contribution in [2.75, 3.05) is 19.6 Å². The van der Waals surface area contributed by atoms with Crippen LogP contribution in [0.15, 0.2) is 0 Å². The molecule has 2 bridgehead atoms. The molecule has 0 aromatic rings. The third-order valence-electron chi connectivity index (χ3n) is 4.45. The van der Waals surface area contributed by atoms with Gasteiger partial charge in [-0.3, -0.25) is 9.59 Å². The molecule has 22 heavy (non-hydrogen) atoms. The normalized spacial score (nSPS) is 26.3. The van der Waals surface area contributed by atoms with Gasteiger partial charge in [-0.2, -0.15) is 17.0 Å². The fraction of sp³-hybridized carbons (Fsp3) is 0.846. The molecule has 1 saturated heterocycles. The molecular weight excluding hydrogens is 310 g/mol. The molecule has 2 aliphatic rings. The third-order valence-corrected chi connectivity index (χ3v) is 6.58. The number of nitrogens with one attached hydrogen (secondary N) is 1. The SMILES string of the molecule is CC(=O)NCCN(C(C)C(=O)O)S(=O)(=O)N1CC2CCC1C2. The Hall–Kier alpha value is -1.19. The van der Waals surface area contributed by atoms with E-state index in [-0.39, 0.29) is 25.0 Å². The number of nitrogens with zero attached hydrogens (tertiary/aromatic N) is 2. The van der Waals surface area contributed by atoms with E-state index in [1.54, 1.807) is 0 Å². The van der Waals surface area contributed by atoms with Gasteiger partial charge in [0.05, 0.1) is 0 Å². The topological polar surface area (TPSA) is 107 Å². The van der Waals surface area contributed by atoms with Crippen LogP contribution in [-0.2, 0) is 19.8 Å². The van der Waals surface area contributed by atoms with Crippen molar-refractivity contribution in [2.45, 2.75) is 45.2 Å². The van der Waals surface area contributed by atoms with E-state index in [2.05, 4.69) is 5.32 Å². The van der Waals surface area contributed by atoms with E-state index in [1.807, 2.05) is 0 Å². The van der Waals surface area contributed by atoms with E-state index in [4.69, 9.17) is 0 Å². The molecule has 0 aromatic carbocycles. The van der Waals surface area contributed by atoms with E-state index in [0.29, 0.717) is 12.5 Å². The molecule has 0 spiro atoms. The number of hydrogen-bond acceptors (Lipinski definition) is 4. The van der Waals surface area contributed by atoms with Gasteiger partial charge in [0.25, 0.3) is 10.2 Å². The summed E-state index contributed by atoms with van der Waals surface area (Å²) in [5, 5.41) is 11.7. The minimum Gasteiger partial charge on any atom is -0.480 e. The van der Waals surface area contributed by atoms with E-state index in [0.717, 1.165) is 23.6 Å². The molecule has 2 N–H and O–H groups in total. The second kappa shape index (κ2) is 6.51. The van der Waals surface area contributed by atoms with Gasteiger partial charge in [-0.1, -0.05) is 0 Å². The molecule has 126 valence electrons. The number of aliphatic carboxylic acids is 1. The van der Waals surface area contributed by atoms with Crippen LogP contribution in [0.5, 0.6) is 0 Å². The van der Waals surface area contributed by atoms with E-state index in [9.17, 15) is 23.1 Å². The van der Waals surface area contributed by atoms with Gasteiger partial charge in [-0.15, -0.1) is 0 Å². The van der Waals surface area contributed by atoms with Gasteiger partial charge in [0.2, 0.25) is 5.91 Å². The predicted molar refractivity (Wildman–Crippen MR) is 79.2 cm³/mol. The summed E-state index contributed by atoms with van der Waals surface area (Å²) in [7, 11) is -3.84. The summed E-state index contributed by atoms with van der Waals surface area (Å²) >= 11 is 0. The highest BCUT2D eigenvalue weighted by Crippen LogP contribution is 2.39. The molecule has 1 aliphatic heterocycles. The van der Waals surface area contributed by atoms with Crippen LogP contribution in [0.3, 0.4) is 0 Å². The van der Waals surface area contributed by atoms with Crippen molar-refractivity contribution >= 4 is 22.1 Å². The molecule has 0 aromatic heterocycles. The first kappa shape index (κ1) is 17.2. The van der Waals surface area contributed by atoms with E-state index >= 15 is 0 Å². The van der Waals surface area contributed by atoms with Crippen LogP contribution in [0.4, 0.5) is 0 Å². The fourth-order valence-corrected chi connectivity index (χ4v) is 5.32. The average molecular weight is 333 g/mol. The average Bonchev–Trinajstić information content (AvgIpc) is 3.05. The van der Waals surface area contributed by atoms with Crippen molar-refractivity contribution in [3.05, 3.63) is 0 Å². The summed E-state index contributed by atoms with van der Waals surface area (Å²) in [6.45, 7) is 3.19. The summed E-state index contributed by atoms with van der Waals surface area (Å²) in [6, 6.07) is -1.18. The number of rotatable bonds is 7. The largest absolute Gasteiger partial charge is 0.480 e. The minimum atomic E-state index is -3.84. The lowest BCUT2D eigenvalue weighted by atomic mass is 10.1. The maximum atomic E-state index is 12.8. The van der Waals surface area contributed by atoms with Gasteiger partial charge in [0, 0.05) is 32.6 Å². The lowest BCUT2D eigenvalue weighted by Gasteiger charge is -2.34. The molecule has 8 nitrogen and oxygen atoms in total. The predicted octanol–water partition coefficient (Wildman–Crippen LogP) is -0.373. The van der Waals surface area contributed by atoms with Gasteiger partial charge in [0.15, 0.2) is 0 Å². The van der Waals surface area contributed by atoms with Crippen LogP contribution in [0.1, 0.15) is 33.1 Å². The van der Waals surface area contributed by atoms with E-state index in [1.165, 1.54) is 18.2 Å². The molecule has 0 radical (unpaired) electrons. The molecule has 1 saturated carbocycles. The zero-order valence-corrected chi connectivity index (χ0v) is 13.7. The van der Waals surface area contributed by atoms with Crippen molar-refractivity contribution in [2.24, 2.45) is 5.92 Å². The van der Waals surface area contributed by atoms with Crippen LogP contribution in [0, 0.1) is 5.92 Å². The molecule has 2 fully saturated rings. The van der Waals surface area contributed by atoms with Crippen LogP contribution in [0.25, 0.3) is 0 Å². The number of amides is 1. The molecule has 9 heteroatoms. The standard InChI is InChI=1S/C13H23N3O5S/c1-9(13(18)19)15(6-5-14-10(2)17)22(20,21)16-8-11-3-4-12(16)7-11/h9,11-12H,3-8H2,1-2H3,(H,14,17)(H,18,19). The van der Waals surface area contributed by atoms with Crippen LogP contribution in [-0.4, -0.2) is 65.7 Å². The Morgan fingerprint density at radius 2 is 2.09 bits per heavy atom.